The molecule has 0 aromatic rings. The number of likely N-dealkylation sites (tertiary alicyclic amines) is 1. The summed E-state index contributed by atoms with van der Waals surface area (Å²) in [6.45, 7) is 10.7. The predicted octanol–water partition coefficient (Wildman–Crippen LogP) is 1.64. The van der Waals surface area contributed by atoms with Gasteiger partial charge in [0.2, 0.25) is 0 Å². The molecule has 1 aliphatic rings. The molecule has 76 valence electrons. The molecule has 0 aromatic heterocycles. The average molecular weight is 182 g/mol. The summed E-state index contributed by atoms with van der Waals surface area (Å²) < 4.78 is 0. The van der Waals surface area contributed by atoms with Crippen LogP contribution in [0.2, 0.25) is 0 Å². The molecule has 1 saturated heterocycles. The standard InChI is InChI=1S/C11H22N2/c1-3-7-12-11-6-5-9-13(10-11)8-4-2/h4,11-12H,2-3,5-10H2,1H3. The molecule has 1 rings (SSSR count). The molecule has 0 spiro atoms. The van der Waals surface area contributed by atoms with Crippen LogP contribution in [0.3, 0.4) is 0 Å². The lowest BCUT2D eigenvalue weighted by atomic mass is 10.1. The molecule has 1 N–H and O–H groups in total. The minimum atomic E-state index is 0.716. The van der Waals surface area contributed by atoms with Crippen molar-refractivity contribution in [2.24, 2.45) is 0 Å². The molecule has 1 atom stereocenters. The Morgan fingerprint density at radius 1 is 1.62 bits per heavy atom. The third-order valence-corrected chi connectivity index (χ3v) is 2.58. The van der Waals surface area contributed by atoms with Crippen molar-refractivity contribution in [3.8, 4) is 0 Å². The smallest absolute Gasteiger partial charge is 0.0195 e. The number of hydrogen-bond acceptors (Lipinski definition) is 2. The molecule has 0 aromatic carbocycles. The van der Waals surface area contributed by atoms with Crippen molar-refractivity contribution >= 4 is 0 Å². The quantitative estimate of drug-likeness (QED) is 0.650. The fraction of sp³-hybridized carbons (Fsp3) is 0.818. The molecule has 13 heavy (non-hydrogen) atoms. The molecule has 0 aliphatic carbocycles. The van der Waals surface area contributed by atoms with Crippen LogP contribution >= 0.6 is 0 Å². The first-order chi connectivity index (χ1) is 6.36. The van der Waals surface area contributed by atoms with E-state index in [1.807, 2.05) is 6.08 Å². The highest BCUT2D eigenvalue weighted by atomic mass is 15.2. The van der Waals surface area contributed by atoms with Crippen LogP contribution in [0.15, 0.2) is 12.7 Å². The van der Waals surface area contributed by atoms with Gasteiger partial charge in [0, 0.05) is 19.1 Å². The Bertz CT molecular complexity index is 145. The number of rotatable bonds is 5. The van der Waals surface area contributed by atoms with E-state index in [9.17, 15) is 0 Å². The Kier molecular flexibility index (Phi) is 5.09. The summed E-state index contributed by atoms with van der Waals surface area (Å²) in [5, 5.41) is 3.58. The van der Waals surface area contributed by atoms with E-state index in [4.69, 9.17) is 0 Å². The largest absolute Gasteiger partial charge is 0.313 e. The summed E-state index contributed by atoms with van der Waals surface area (Å²) in [6, 6.07) is 0.716. The van der Waals surface area contributed by atoms with Crippen LogP contribution in [0.4, 0.5) is 0 Å². The van der Waals surface area contributed by atoms with Crippen molar-refractivity contribution in [1.29, 1.82) is 0 Å². The van der Waals surface area contributed by atoms with Gasteiger partial charge in [0.25, 0.3) is 0 Å². The molecule has 1 heterocycles. The van der Waals surface area contributed by atoms with Crippen molar-refractivity contribution in [2.45, 2.75) is 32.2 Å². The van der Waals surface area contributed by atoms with Crippen molar-refractivity contribution < 1.29 is 0 Å². The number of nitrogens with one attached hydrogen (secondary N) is 1. The van der Waals surface area contributed by atoms with Crippen LogP contribution in [0.25, 0.3) is 0 Å². The molecule has 2 nitrogen and oxygen atoms in total. The van der Waals surface area contributed by atoms with E-state index >= 15 is 0 Å². The highest BCUT2D eigenvalue weighted by Gasteiger charge is 2.17. The van der Waals surface area contributed by atoms with Crippen molar-refractivity contribution in [1.82, 2.24) is 10.2 Å². The van der Waals surface area contributed by atoms with Gasteiger partial charge in [-0.05, 0) is 32.4 Å². The van der Waals surface area contributed by atoms with Gasteiger partial charge in [-0.1, -0.05) is 13.0 Å². The SMILES string of the molecule is C=CCN1CCCC(NCCC)C1. The van der Waals surface area contributed by atoms with Crippen molar-refractivity contribution in [2.75, 3.05) is 26.2 Å². The van der Waals surface area contributed by atoms with Gasteiger partial charge in [0.15, 0.2) is 0 Å². The molecule has 1 aliphatic heterocycles. The second-order valence-electron chi connectivity index (χ2n) is 3.84. The van der Waals surface area contributed by atoms with E-state index in [0.717, 1.165) is 13.1 Å². The van der Waals surface area contributed by atoms with Gasteiger partial charge in [-0.15, -0.1) is 6.58 Å². The van der Waals surface area contributed by atoms with Crippen LogP contribution in [-0.4, -0.2) is 37.1 Å². The first-order valence-electron chi connectivity index (χ1n) is 5.43. The van der Waals surface area contributed by atoms with E-state index in [0.29, 0.717) is 6.04 Å². The van der Waals surface area contributed by atoms with Crippen LogP contribution in [-0.2, 0) is 0 Å². The summed E-state index contributed by atoms with van der Waals surface area (Å²) in [6.07, 6.45) is 5.91. The van der Waals surface area contributed by atoms with Gasteiger partial charge in [-0.3, -0.25) is 4.90 Å². The molecular formula is C11H22N2. The second-order valence-corrected chi connectivity index (χ2v) is 3.84. The van der Waals surface area contributed by atoms with Crippen LogP contribution in [0.1, 0.15) is 26.2 Å². The Labute approximate surface area is 82.0 Å². The van der Waals surface area contributed by atoms with E-state index in [1.165, 1.54) is 32.4 Å². The monoisotopic (exact) mass is 182 g/mol. The van der Waals surface area contributed by atoms with Crippen LogP contribution in [0, 0.1) is 0 Å². The topological polar surface area (TPSA) is 15.3 Å². The Hall–Kier alpha value is -0.340. The Balaban J connectivity index is 2.20. The first-order valence-corrected chi connectivity index (χ1v) is 5.43. The summed E-state index contributed by atoms with van der Waals surface area (Å²) in [5.41, 5.74) is 0. The lowest BCUT2D eigenvalue weighted by Gasteiger charge is -2.32. The van der Waals surface area contributed by atoms with Gasteiger partial charge in [-0.25, -0.2) is 0 Å². The zero-order valence-corrected chi connectivity index (χ0v) is 8.76. The zero-order chi connectivity index (χ0) is 9.52. The third-order valence-electron chi connectivity index (χ3n) is 2.58. The van der Waals surface area contributed by atoms with Crippen LogP contribution in [0.5, 0.6) is 0 Å². The van der Waals surface area contributed by atoms with Crippen molar-refractivity contribution in [3.05, 3.63) is 12.7 Å². The van der Waals surface area contributed by atoms with Gasteiger partial charge in [-0.2, -0.15) is 0 Å². The molecule has 1 fully saturated rings. The predicted molar refractivity (Wildman–Crippen MR) is 58.0 cm³/mol. The third kappa shape index (κ3) is 3.92. The summed E-state index contributed by atoms with van der Waals surface area (Å²) >= 11 is 0. The highest BCUT2D eigenvalue weighted by Crippen LogP contribution is 2.09. The normalized spacial score (nSPS) is 24.5. The second kappa shape index (κ2) is 6.17. The van der Waals surface area contributed by atoms with Crippen molar-refractivity contribution in [3.63, 3.8) is 0 Å². The lowest BCUT2D eigenvalue weighted by molar-refractivity contribution is 0.208. The molecule has 0 radical (unpaired) electrons. The van der Waals surface area contributed by atoms with Gasteiger partial charge < -0.3 is 5.32 Å². The van der Waals surface area contributed by atoms with Gasteiger partial charge in [0.05, 0.1) is 0 Å². The number of hydrogen-bond donors (Lipinski definition) is 1. The molecular weight excluding hydrogens is 160 g/mol. The maximum Gasteiger partial charge on any atom is 0.0195 e. The maximum absolute atomic E-state index is 3.78. The summed E-state index contributed by atoms with van der Waals surface area (Å²) in [4.78, 5) is 2.48. The molecule has 2 heteroatoms. The zero-order valence-electron chi connectivity index (χ0n) is 8.76. The van der Waals surface area contributed by atoms with E-state index in [-0.39, 0.29) is 0 Å². The van der Waals surface area contributed by atoms with Gasteiger partial charge in [0.1, 0.15) is 0 Å². The maximum atomic E-state index is 3.78. The molecule has 0 saturated carbocycles. The van der Waals surface area contributed by atoms with Crippen LogP contribution < -0.4 is 5.32 Å². The first kappa shape index (κ1) is 10.7. The highest BCUT2D eigenvalue weighted by molar-refractivity contribution is 4.82. The summed E-state index contributed by atoms with van der Waals surface area (Å²) in [5.74, 6) is 0. The number of piperidine rings is 1. The average Bonchev–Trinajstić information content (AvgIpc) is 2.16. The fourth-order valence-corrected chi connectivity index (χ4v) is 1.92. The van der Waals surface area contributed by atoms with Gasteiger partial charge >= 0.3 is 0 Å². The minimum Gasteiger partial charge on any atom is -0.313 e. The lowest BCUT2D eigenvalue weighted by Crippen LogP contribution is -2.45. The Morgan fingerprint density at radius 2 is 2.46 bits per heavy atom. The number of nitrogens with zero attached hydrogens (tertiary/aromatic N) is 1. The fourth-order valence-electron chi connectivity index (χ4n) is 1.92. The molecule has 1 unspecified atom stereocenters. The van der Waals surface area contributed by atoms with E-state index in [1.54, 1.807) is 0 Å². The Morgan fingerprint density at radius 3 is 3.15 bits per heavy atom. The summed E-state index contributed by atoms with van der Waals surface area (Å²) in [7, 11) is 0. The minimum absolute atomic E-state index is 0.716. The molecule has 0 amide bonds. The van der Waals surface area contributed by atoms with E-state index in [2.05, 4.69) is 23.7 Å². The molecule has 0 bridgehead atoms. The van der Waals surface area contributed by atoms with E-state index < -0.39 is 0 Å².